The Kier molecular flexibility index (Phi) is 6.29. The molecule has 0 fully saturated rings. The van der Waals surface area contributed by atoms with Crippen LogP contribution in [0.1, 0.15) is 22.3 Å². The molecule has 6 aromatic rings. The van der Waals surface area contributed by atoms with Crippen molar-refractivity contribution in [2.24, 2.45) is 0 Å². The number of fused-ring (bicyclic) bond motifs is 2. The van der Waals surface area contributed by atoms with Crippen LogP contribution in [0.25, 0.3) is 34.0 Å². The van der Waals surface area contributed by atoms with Gasteiger partial charge in [-0.25, -0.2) is 0 Å². The fraction of sp³-hybridized carbons (Fsp3) is 0.0588. The Labute approximate surface area is 222 Å². The van der Waals surface area contributed by atoms with Crippen molar-refractivity contribution in [2.45, 2.75) is 13.1 Å². The quantitative estimate of drug-likeness (QED) is 0.220. The Hall–Kier alpha value is -4.96. The molecule has 2 heterocycles. The van der Waals surface area contributed by atoms with Gasteiger partial charge in [-0.15, -0.1) is 0 Å². The van der Waals surface area contributed by atoms with E-state index in [0.717, 1.165) is 46.3 Å². The number of hydrogen-bond acceptors (Lipinski definition) is 2. The molecule has 0 atom stereocenters. The number of rotatable bonds is 6. The number of aromatic nitrogens is 2. The molecule has 6 rings (SSSR count). The van der Waals surface area contributed by atoms with Crippen LogP contribution in [0.15, 0.2) is 122 Å². The highest BCUT2D eigenvalue weighted by molar-refractivity contribution is 5.88. The molecule has 0 radical (unpaired) electrons. The normalized spacial score (nSPS) is 11.5. The maximum Gasteiger partial charge on any atom is 0.214 e. The van der Waals surface area contributed by atoms with Crippen LogP contribution < -0.4 is 20.6 Å². The molecular weight excluding hydrogens is 464 g/mol. The molecule has 2 aromatic heterocycles. The molecule has 0 aliphatic carbocycles. The number of nitrogens with zero attached hydrogens (tertiary/aromatic N) is 2. The lowest BCUT2D eigenvalue weighted by molar-refractivity contribution is -0.662. The number of pyridine rings is 2. The van der Waals surface area contributed by atoms with Crippen molar-refractivity contribution in [3.8, 4) is 0 Å². The molecule has 0 saturated heterocycles. The highest BCUT2D eigenvalue weighted by Crippen LogP contribution is 2.19. The lowest BCUT2D eigenvalue weighted by atomic mass is 10.1. The van der Waals surface area contributed by atoms with Crippen molar-refractivity contribution in [1.82, 2.24) is 0 Å². The molecule has 4 nitrogen and oxygen atoms in total. The summed E-state index contributed by atoms with van der Waals surface area (Å²) in [4.78, 5) is 0. The molecule has 184 valence electrons. The summed E-state index contributed by atoms with van der Waals surface area (Å²) in [5.41, 5.74) is 21.1. The third-order valence-electron chi connectivity index (χ3n) is 7.05. The van der Waals surface area contributed by atoms with Crippen LogP contribution in [0.5, 0.6) is 0 Å². The summed E-state index contributed by atoms with van der Waals surface area (Å²) in [5, 5.41) is 2.17. The van der Waals surface area contributed by atoms with Gasteiger partial charge >= 0.3 is 0 Å². The Morgan fingerprint density at radius 3 is 1.29 bits per heavy atom. The summed E-state index contributed by atoms with van der Waals surface area (Å²) in [5.74, 6) is 0. The second kappa shape index (κ2) is 10.2. The van der Waals surface area contributed by atoms with E-state index in [9.17, 15) is 0 Å². The third kappa shape index (κ3) is 4.84. The van der Waals surface area contributed by atoms with Gasteiger partial charge in [-0.3, -0.25) is 0 Å². The van der Waals surface area contributed by atoms with Gasteiger partial charge in [-0.2, -0.15) is 9.13 Å². The van der Waals surface area contributed by atoms with Crippen LogP contribution in [0, 0.1) is 0 Å². The monoisotopic (exact) mass is 494 g/mol. The Balaban J connectivity index is 1.13. The Bertz CT molecular complexity index is 1640. The van der Waals surface area contributed by atoms with Gasteiger partial charge in [0.1, 0.15) is 0 Å². The van der Waals surface area contributed by atoms with E-state index in [4.69, 9.17) is 11.5 Å². The molecular formula is C34H30N4+2. The fourth-order valence-electron chi connectivity index (χ4n) is 4.95. The standard InChI is InChI=1S/C34H28N4/c35-31-19-21-37(33-7-3-1-5-29(31)33)23-27-15-11-25(12-16-27)9-10-26-13-17-28(18-14-26)24-38-22-20-32(36)30-6-2-4-8-34(30)38/h1-22,35-36H,23-24H2/p+2/b10-9+. The van der Waals surface area contributed by atoms with Gasteiger partial charge in [-0.05, 0) is 23.3 Å². The van der Waals surface area contributed by atoms with Crippen molar-refractivity contribution >= 4 is 45.3 Å². The first kappa shape index (κ1) is 23.4. The topological polar surface area (TPSA) is 59.8 Å². The minimum atomic E-state index is 0.799. The summed E-state index contributed by atoms with van der Waals surface area (Å²) in [6, 6.07) is 37.9. The van der Waals surface area contributed by atoms with Crippen LogP contribution in [-0.2, 0) is 13.1 Å². The molecule has 0 bridgehead atoms. The molecule has 0 aliphatic rings. The van der Waals surface area contributed by atoms with Crippen LogP contribution in [-0.4, -0.2) is 0 Å². The zero-order chi connectivity index (χ0) is 25.9. The average Bonchev–Trinajstić information content (AvgIpc) is 2.97. The summed E-state index contributed by atoms with van der Waals surface area (Å²) >= 11 is 0. The Morgan fingerprint density at radius 2 is 0.868 bits per heavy atom. The lowest BCUT2D eigenvalue weighted by Crippen LogP contribution is -2.34. The molecule has 4 N–H and O–H groups in total. The van der Waals surface area contributed by atoms with E-state index in [1.165, 1.54) is 22.3 Å². The largest absolute Gasteiger partial charge is 0.398 e. The summed E-state index contributed by atoms with van der Waals surface area (Å²) in [7, 11) is 0. The highest BCUT2D eigenvalue weighted by Gasteiger charge is 2.12. The summed E-state index contributed by atoms with van der Waals surface area (Å²) in [6.45, 7) is 1.60. The van der Waals surface area contributed by atoms with Gasteiger partial charge in [0, 0.05) is 35.4 Å². The molecule has 0 spiro atoms. The van der Waals surface area contributed by atoms with Gasteiger partial charge in [0.15, 0.2) is 25.5 Å². The van der Waals surface area contributed by atoms with Gasteiger partial charge in [-0.1, -0.05) is 84.9 Å². The molecule has 0 unspecified atom stereocenters. The van der Waals surface area contributed by atoms with Crippen molar-refractivity contribution < 1.29 is 9.13 Å². The fourth-order valence-corrected chi connectivity index (χ4v) is 4.95. The maximum atomic E-state index is 6.16. The molecule has 0 aliphatic heterocycles. The van der Waals surface area contributed by atoms with Crippen molar-refractivity contribution in [1.29, 1.82) is 0 Å². The van der Waals surface area contributed by atoms with Gasteiger partial charge in [0.05, 0.1) is 22.1 Å². The summed E-state index contributed by atoms with van der Waals surface area (Å²) in [6.07, 6.45) is 8.44. The van der Waals surface area contributed by atoms with E-state index < -0.39 is 0 Å². The predicted molar refractivity (Wildman–Crippen MR) is 157 cm³/mol. The molecule has 0 saturated carbocycles. The number of hydrogen-bond donors (Lipinski definition) is 2. The van der Waals surface area contributed by atoms with Crippen LogP contribution in [0.4, 0.5) is 11.4 Å². The first-order valence-corrected chi connectivity index (χ1v) is 12.8. The van der Waals surface area contributed by atoms with Gasteiger partial charge in [0.2, 0.25) is 11.0 Å². The number of anilines is 2. The van der Waals surface area contributed by atoms with E-state index in [-0.39, 0.29) is 0 Å². The first-order valence-electron chi connectivity index (χ1n) is 12.8. The van der Waals surface area contributed by atoms with E-state index in [0.29, 0.717) is 0 Å². The zero-order valence-corrected chi connectivity index (χ0v) is 21.2. The van der Waals surface area contributed by atoms with Gasteiger partial charge < -0.3 is 11.5 Å². The van der Waals surface area contributed by atoms with E-state index in [1.54, 1.807) is 0 Å². The minimum absolute atomic E-state index is 0.799. The van der Waals surface area contributed by atoms with E-state index in [2.05, 4.69) is 119 Å². The number of nitrogen functional groups attached to an aromatic ring is 2. The smallest absolute Gasteiger partial charge is 0.214 e. The van der Waals surface area contributed by atoms with Crippen molar-refractivity contribution in [3.63, 3.8) is 0 Å². The van der Waals surface area contributed by atoms with Crippen LogP contribution >= 0.6 is 0 Å². The van der Waals surface area contributed by atoms with Crippen LogP contribution in [0.2, 0.25) is 0 Å². The second-order valence-electron chi connectivity index (χ2n) is 9.65. The summed E-state index contributed by atoms with van der Waals surface area (Å²) < 4.78 is 4.48. The number of para-hydroxylation sites is 2. The highest BCUT2D eigenvalue weighted by atomic mass is 15.0. The van der Waals surface area contributed by atoms with Gasteiger partial charge in [0.25, 0.3) is 0 Å². The molecule has 4 heteroatoms. The lowest BCUT2D eigenvalue weighted by Gasteiger charge is -2.05. The van der Waals surface area contributed by atoms with E-state index >= 15 is 0 Å². The SMILES string of the molecule is Nc1cc[n+](Cc2ccc(/C=C/c3ccc(C[n+]4ccc(N)c5ccccc54)cc3)cc2)c2ccccc12. The minimum Gasteiger partial charge on any atom is -0.398 e. The molecule has 38 heavy (non-hydrogen) atoms. The molecule has 4 aromatic carbocycles. The maximum absolute atomic E-state index is 6.16. The van der Waals surface area contributed by atoms with Crippen LogP contribution in [0.3, 0.4) is 0 Å². The van der Waals surface area contributed by atoms with E-state index in [1.807, 2.05) is 24.3 Å². The molecule has 0 amide bonds. The number of nitrogens with two attached hydrogens (primary N) is 2. The zero-order valence-electron chi connectivity index (χ0n) is 21.2. The second-order valence-corrected chi connectivity index (χ2v) is 9.65. The number of benzene rings is 4. The predicted octanol–water partition coefficient (Wildman–Crippen LogP) is 6.00. The average molecular weight is 495 g/mol. The van der Waals surface area contributed by atoms with Crippen molar-refractivity contribution in [2.75, 3.05) is 11.5 Å². The first-order chi connectivity index (χ1) is 18.6. The Morgan fingerprint density at radius 1 is 0.474 bits per heavy atom. The third-order valence-corrected chi connectivity index (χ3v) is 7.05. The van der Waals surface area contributed by atoms with Crippen molar-refractivity contribution in [3.05, 3.63) is 144 Å².